The predicted octanol–water partition coefficient (Wildman–Crippen LogP) is 4.28. The summed E-state index contributed by atoms with van der Waals surface area (Å²) >= 11 is 0. The van der Waals surface area contributed by atoms with E-state index in [-0.39, 0.29) is 0 Å². The minimum absolute atomic E-state index is 0.865. The van der Waals surface area contributed by atoms with Crippen LogP contribution in [0, 0.1) is 0 Å². The van der Waals surface area contributed by atoms with E-state index in [1.165, 1.54) is 51.1 Å². The smallest absolute Gasteiger partial charge is 0.297 e. The van der Waals surface area contributed by atoms with Crippen molar-refractivity contribution in [3.8, 4) is 0 Å². The summed E-state index contributed by atoms with van der Waals surface area (Å²) in [4.78, 5) is 0. The molecule has 1 rings (SSSR count). The third-order valence-corrected chi connectivity index (χ3v) is 7.39. The van der Waals surface area contributed by atoms with Crippen LogP contribution in [0.1, 0.15) is 52.4 Å². The lowest BCUT2D eigenvalue weighted by Crippen LogP contribution is -2.45. The molecular formula is C14H29NOSi. The molecule has 0 spiro atoms. The fraction of sp³-hybridized carbons (Fsp3) is 0.857. The molecule has 17 heavy (non-hydrogen) atoms. The Kier molecular flexibility index (Phi) is 6.89. The van der Waals surface area contributed by atoms with E-state index in [0.717, 1.165) is 6.61 Å². The second kappa shape index (κ2) is 7.93. The van der Waals surface area contributed by atoms with Crippen molar-refractivity contribution >= 4 is 8.48 Å². The van der Waals surface area contributed by atoms with E-state index >= 15 is 0 Å². The van der Waals surface area contributed by atoms with Crippen LogP contribution in [-0.4, -0.2) is 26.2 Å². The Balaban J connectivity index is 2.27. The van der Waals surface area contributed by atoms with Gasteiger partial charge in [0.15, 0.2) is 0 Å². The highest BCUT2D eigenvalue weighted by Crippen LogP contribution is 2.27. The highest BCUT2D eigenvalue weighted by molar-refractivity contribution is 6.70. The summed E-state index contributed by atoms with van der Waals surface area (Å²) in [5.74, 6) is 0. The van der Waals surface area contributed by atoms with Crippen LogP contribution in [0.3, 0.4) is 0 Å². The largest absolute Gasteiger partial charge is 0.399 e. The molecule has 0 aromatic heterocycles. The molecule has 1 unspecified atom stereocenters. The fourth-order valence-electron chi connectivity index (χ4n) is 2.55. The van der Waals surface area contributed by atoms with Gasteiger partial charge in [-0.15, -0.1) is 0 Å². The first-order valence-corrected chi connectivity index (χ1v) is 9.86. The summed E-state index contributed by atoms with van der Waals surface area (Å²) in [5, 5.41) is 0. The Morgan fingerprint density at radius 3 is 2.76 bits per heavy atom. The van der Waals surface area contributed by atoms with Gasteiger partial charge in [-0.3, -0.25) is 0 Å². The zero-order chi connectivity index (χ0) is 12.6. The fourth-order valence-corrected chi connectivity index (χ4v) is 5.63. The van der Waals surface area contributed by atoms with Crippen molar-refractivity contribution in [2.24, 2.45) is 0 Å². The van der Waals surface area contributed by atoms with Crippen LogP contribution in [0.2, 0.25) is 12.6 Å². The van der Waals surface area contributed by atoms with Crippen LogP contribution in [0.4, 0.5) is 0 Å². The summed E-state index contributed by atoms with van der Waals surface area (Å²) in [5.41, 5.74) is 0. The van der Waals surface area contributed by atoms with Crippen molar-refractivity contribution in [2.45, 2.75) is 65.0 Å². The number of nitrogens with zero attached hydrogens (tertiary/aromatic N) is 1. The summed E-state index contributed by atoms with van der Waals surface area (Å²) < 4.78 is 8.52. The Bertz CT molecular complexity index is 232. The van der Waals surface area contributed by atoms with Gasteiger partial charge in [0.05, 0.1) is 0 Å². The van der Waals surface area contributed by atoms with E-state index in [1.807, 2.05) is 0 Å². The third-order valence-electron chi connectivity index (χ3n) is 3.61. The SMILES string of the molecule is CCCCCCC=CN1CCC[Si]1(C)OCC. The molecule has 1 aliphatic heterocycles. The maximum atomic E-state index is 6.01. The molecule has 0 aromatic rings. The van der Waals surface area contributed by atoms with Crippen molar-refractivity contribution in [1.82, 2.24) is 4.57 Å². The van der Waals surface area contributed by atoms with Gasteiger partial charge in [0.2, 0.25) is 0 Å². The molecule has 0 N–H and O–H groups in total. The number of unbranched alkanes of at least 4 members (excludes halogenated alkanes) is 4. The highest BCUT2D eigenvalue weighted by atomic mass is 28.4. The third kappa shape index (κ3) is 4.84. The van der Waals surface area contributed by atoms with Crippen LogP contribution in [0.25, 0.3) is 0 Å². The van der Waals surface area contributed by atoms with Crippen LogP contribution in [-0.2, 0) is 4.43 Å². The monoisotopic (exact) mass is 255 g/mol. The Morgan fingerprint density at radius 1 is 1.24 bits per heavy atom. The van der Waals surface area contributed by atoms with Crippen LogP contribution < -0.4 is 0 Å². The molecule has 1 fully saturated rings. The normalized spacial score (nSPS) is 25.0. The number of rotatable bonds is 8. The molecule has 0 bridgehead atoms. The summed E-state index contributed by atoms with van der Waals surface area (Å²) in [6.07, 6.45) is 12.6. The second-order valence-corrected chi connectivity index (χ2v) is 8.85. The van der Waals surface area contributed by atoms with Gasteiger partial charge in [-0.05, 0) is 45.0 Å². The van der Waals surface area contributed by atoms with E-state index in [9.17, 15) is 0 Å². The molecule has 100 valence electrons. The molecule has 0 aromatic carbocycles. The molecule has 1 heterocycles. The predicted molar refractivity (Wildman–Crippen MR) is 77.3 cm³/mol. The van der Waals surface area contributed by atoms with E-state index in [0.29, 0.717) is 0 Å². The lowest BCUT2D eigenvalue weighted by molar-refractivity contribution is 0.293. The quantitative estimate of drug-likeness (QED) is 0.474. The molecule has 0 radical (unpaired) electrons. The van der Waals surface area contributed by atoms with Crippen LogP contribution in [0.15, 0.2) is 12.3 Å². The van der Waals surface area contributed by atoms with E-state index in [1.54, 1.807) is 0 Å². The van der Waals surface area contributed by atoms with Crippen molar-refractivity contribution in [3.05, 3.63) is 12.3 Å². The van der Waals surface area contributed by atoms with Gasteiger partial charge in [0.25, 0.3) is 8.48 Å². The molecule has 2 nitrogen and oxygen atoms in total. The molecule has 3 heteroatoms. The number of hydrogen-bond donors (Lipinski definition) is 0. The minimum Gasteiger partial charge on any atom is -0.399 e. The first-order valence-electron chi connectivity index (χ1n) is 7.30. The second-order valence-electron chi connectivity index (χ2n) is 5.14. The van der Waals surface area contributed by atoms with E-state index in [2.05, 4.69) is 37.2 Å². The lowest BCUT2D eigenvalue weighted by Gasteiger charge is -2.31. The first kappa shape index (κ1) is 14.8. The summed E-state index contributed by atoms with van der Waals surface area (Å²) in [6, 6.07) is 1.29. The first-order chi connectivity index (χ1) is 8.23. The lowest BCUT2D eigenvalue weighted by atomic mass is 10.1. The molecule has 0 aliphatic carbocycles. The van der Waals surface area contributed by atoms with Crippen molar-refractivity contribution in [1.29, 1.82) is 0 Å². The van der Waals surface area contributed by atoms with Gasteiger partial charge in [0.1, 0.15) is 0 Å². The van der Waals surface area contributed by atoms with Crippen molar-refractivity contribution in [3.63, 3.8) is 0 Å². The average Bonchev–Trinajstić information content (AvgIpc) is 2.65. The number of allylic oxidation sites excluding steroid dienone is 1. The molecular weight excluding hydrogens is 226 g/mol. The molecule has 0 saturated carbocycles. The van der Waals surface area contributed by atoms with Crippen molar-refractivity contribution in [2.75, 3.05) is 13.2 Å². The summed E-state index contributed by atoms with van der Waals surface area (Å²) in [6.45, 7) is 8.80. The Hall–Kier alpha value is -0.283. The van der Waals surface area contributed by atoms with Gasteiger partial charge in [-0.2, -0.15) is 0 Å². The zero-order valence-corrected chi connectivity index (χ0v) is 12.9. The highest BCUT2D eigenvalue weighted by Gasteiger charge is 2.39. The van der Waals surface area contributed by atoms with Crippen LogP contribution in [0.5, 0.6) is 0 Å². The zero-order valence-electron chi connectivity index (χ0n) is 11.9. The van der Waals surface area contributed by atoms with Gasteiger partial charge >= 0.3 is 0 Å². The molecule has 1 aliphatic rings. The minimum atomic E-state index is -1.54. The van der Waals surface area contributed by atoms with E-state index in [4.69, 9.17) is 4.43 Å². The topological polar surface area (TPSA) is 12.5 Å². The standard InChI is InChI=1S/C14H29NOSi/c1-4-6-7-8-9-10-12-15-13-11-14-17(15,3)16-5-2/h10,12H,4-9,11,13-14H2,1-3H3. The van der Waals surface area contributed by atoms with Crippen LogP contribution >= 0.6 is 0 Å². The molecule has 1 saturated heterocycles. The maximum absolute atomic E-state index is 6.01. The van der Waals surface area contributed by atoms with E-state index < -0.39 is 8.48 Å². The Morgan fingerprint density at radius 2 is 2.06 bits per heavy atom. The average molecular weight is 255 g/mol. The van der Waals surface area contributed by atoms with Gasteiger partial charge < -0.3 is 8.99 Å². The number of hydrogen-bond acceptors (Lipinski definition) is 2. The molecule has 1 atom stereocenters. The van der Waals surface area contributed by atoms with Gasteiger partial charge in [-0.1, -0.05) is 32.3 Å². The van der Waals surface area contributed by atoms with Gasteiger partial charge in [-0.25, -0.2) is 0 Å². The van der Waals surface area contributed by atoms with Gasteiger partial charge in [0, 0.05) is 13.2 Å². The Labute approximate surface area is 108 Å². The summed E-state index contributed by atoms with van der Waals surface area (Å²) in [7, 11) is -1.54. The maximum Gasteiger partial charge on any atom is 0.297 e. The molecule has 0 amide bonds. The van der Waals surface area contributed by atoms with Crippen molar-refractivity contribution < 1.29 is 4.43 Å².